The number of halogens is 12. The molecule has 7 N–H and O–H groups in total. The molecule has 17 rings (SSSR count). The molecule has 1 aromatic heterocycles. The van der Waals surface area contributed by atoms with Gasteiger partial charge in [0.05, 0.1) is 14.2 Å². The van der Waals surface area contributed by atoms with E-state index in [4.69, 9.17) is 34.8 Å². The normalized spacial score (nSPS) is 19.1. The number of aryl methyl sites for hydroxylation is 5. The molecule has 6 aromatic rings. The molecule has 37 nitrogen and oxygen atoms in total. The molecule has 0 radical (unpaired) electrons. The standard InChI is InChI=1S/C21H24BrF3N4O3.C19H25BrN4O2.C13H14BrNO3.C12H12BrNO3.C11H12BrNO2.C9H14F3N3O.C4H3NO2S.C2H3ClO.CH2O3.CH4O.2K.Li.H2O.H/c1-13(30)29-17-5-3-15(22)10-14(17)2-4-18(29)19(31)28-11-16(12-28)26-6-8-27(9-7-26)20(32)21(23,24)25;1-13(25)24-17-5-3-15(20)10-14(17)2-4-18(24)19(26)23-11-16(12-23)22-8-6-21-7-9-22;1-8(16)15-11-6-4-10(14)7-9(11)3-5-12(15)13(17)18-2;1-7(15)14-10-5-3-9(13)6-8(10)2-4-11(14)12(16)17;1-15-11(14)10-4-2-7-6-8(12)3-5-9(7)13-10;10-9(11,12)8(16)15-3-1-14(2-4-15)7-5-13-6-7;6-4(7)3-5-1-2-8-3;1-2(3)4;2-1-4-3;1-2;;;;;/h3,5,10,16,18H,2,4,6-9,11-12H2,1H3;3,5,10,16,18,21H,2,4,6-9,11-12H2,1H3;4,6-7,12H,3,5H2,1-2H3;3,5-6,11H,2,4H2,1H3,(H,16,17);3,5-6,10,13H,2,4H2,1H3;7,13H,1-6H2;1-2H,(H,6,7);1H3;1,3H;2H,1H3;;;;1H2;/q;;;;;;;;;;3*+1;;-1/p-2. The van der Waals surface area contributed by atoms with Gasteiger partial charge in [-0.25, -0.2) is 24.2 Å². The monoisotopic (exact) mass is 2450 g/mol. The fraction of sp³-hybridized carbons (Fsp3) is 0.495. The van der Waals surface area contributed by atoms with E-state index in [0.717, 1.165) is 174 Å². The predicted octanol–water partition coefficient (Wildman–Crippen LogP) is 0.375. The molecule has 0 saturated carbocycles. The number of likely N-dealkylation sites (tertiary alicyclic amines) is 2. The van der Waals surface area contributed by atoms with Gasteiger partial charge >= 0.3 is 170 Å². The van der Waals surface area contributed by atoms with Crippen molar-refractivity contribution < 1.29 is 257 Å². The molecule has 0 spiro atoms. The number of aliphatic carboxylic acids is 1. The number of methoxy groups -OCH3 is 2. The number of carbonyl (C=O) groups excluding carboxylic acids is 12. The second-order valence-electron chi connectivity index (χ2n) is 33.6. The molecule has 0 aliphatic carbocycles. The van der Waals surface area contributed by atoms with Crippen molar-refractivity contribution >= 4 is 214 Å². The minimum absolute atomic E-state index is 0. The molecule has 5 unspecified atom stereocenters. The van der Waals surface area contributed by atoms with Crippen molar-refractivity contribution in [3.63, 3.8) is 0 Å². The summed E-state index contributed by atoms with van der Waals surface area (Å²) >= 11 is 22.9. The maximum Gasteiger partial charge on any atom is 1.00 e. The minimum atomic E-state index is -4.85. The van der Waals surface area contributed by atoms with E-state index in [0.29, 0.717) is 95.6 Å². The average molecular weight is 2460 g/mol. The van der Waals surface area contributed by atoms with E-state index >= 15 is 0 Å². The third-order valence-electron chi connectivity index (χ3n) is 24.6. The summed E-state index contributed by atoms with van der Waals surface area (Å²) in [4.78, 5) is 183. The SMILES string of the molecule is CC(=O)Cl.CC(=O)N1c2ccc(Br)cc2CCC1C(=O)N1CC(N2CCN(C(=O)C(F)(F)F)CC2)C1.CC(=O)N1c2ccc(Br)cc2CCC1C(=O)N1CC(N2CCNCC2)C1.CC(=O)N1c2ccc(Br)cc2CCC1C(=O)O.CO.COC(=O)C1CCc2cc(Br)ccc2N1.COC(=O)C1CCc2cc(Br)ccc2N1C(C)=O.O=C(N1CCN(C2CNC2)CC1)C(F)(F)F.O=C(O)c1nccs1.O=CO[O-].[H-].[K+].[K+].[Li+].[OH-]. The zero-order valence-corrected chi connectivity index (χ0v) is 98.0. The molecule has 12 heterocycles. The van der Waals surface area contributed by atoms with Crippen LogP contribution in [-0.2, 0) is 109 Å². The van der Waals surface area contributed by atoms with Gasteiger partial charge in [0.25, 0.3) is 6.47 Å². The molecule has 5 aromatic carbocycles. The zero-order valence-electron chi connectivity index (χ0n) is 83.3. The number of aliphatic hydroxyl groups excluding tert-OH is 1. The Morgan fingerprint density at radius 1 is 0.473 bits per heavy atom. The van der Waals surface area contributed by atoms with E-state index in [-0.39, 0.29) is 237 Å². The van der Waals surface area contributed by atoms with Crippen molar-refractivity contribution in [2.75, 3.05) is 164 Å². The second-order valence-corrected chi connectivity index (χ2v) is 39.6. The number of hydrogen-bond acceptors (Lipinski definition) is 28. The number of rotatable bonds is 10. The van der Waals surface area contributed by atoms with Gasteiger partial charge in [0.2, 0.25) is 45.7 Å². The van der Waals surface area contributed by atoms with Crippen molar-refractivity contribution in [3.8, 4) is 0 Å². The van der Waals surface area contributed by atoms with Crippen LogP contribution in [0.4, 0.5) is 54.8 Å². The number of esters is 2. The number of nitrogens with one attached hydrogen (secondary N) is 3. The van der Waals surface area contributed by atoms with Gasteiger partial charge in [0.1, 0.15) is 30.2 Å². The van der Waals surface area contributed by atoms with Gasteiger partial charge in [0.15, 0.2) is 0 Å². The summed E-state index contributed by atoms with van der Waals surface area (Å²) in [5, 5.41) is 43.9. The number of thiazole rings is 1. The number of alkyl halides is 6. The van der Waals surface area contributed by atoms with Crippen LogP contribution in [0.5, 0.6) is 0 Å². The smallest absolute Gasteiger partial charge is 1.00 e. The Hall–Kier alpha value is -5.87. The number of aromatic nitrogens is 1. The number of amides is 8. The van der Waals surface area contributed by atoms with Crippen LogP contribution in [-0.4, -0.2) is 343 Å². The van der Waals surface area contributed by atoms with Crippen molar-refractivity contribution in [2.45, 2.75) is 160 Å². The predicted molar refractivity (Wildman–Crippen MR) is 533 cm³/mol. The van der Waals surface area contributed by atoms with E-state index in [1.165, 1.54) is 63.5 Å². The number of benzene rings is 5. The third-order valence-corrected chi connectivity index (χ3v) is 27.8. The molecule has 53 heteroatoms. The average Bonchev–Trinajstić information content (AvgIpc) is 0.981. The maximum atomic E-state index is 13.2. The number of aromatic carboxylic acids is 1. The van der Waals surface area contributed by atoms with Gasteiger partial charge in [-0.3, -0.25) is 82.2 Å². The minimum Gasteiger partial charge on any atom is -1.00 e. The molecule has 0 bridgehead atoms. The number of anilines is 5. The Bertz CT molecular complexity index is 5440. The van der Waals surface area contributed by atoms with Crippen LogP contribution in [0.15, 0.2) is 125 Å². The van der Waals surface area contributed by atoms with Crippen LogP contribution in [0.3, 0.4) is 0 Å². The molecule has 146 heavy (non-hydrogen) atoms. The molecular weight excluding hydrogens is 2350 g/mol. The van der Waals surface area contributed by atoms with Crippen LogP contribution in [0.1, 0.15) is 106 Å². The molecule has 786 valence electrons. The summed E-state index contributed by atoms with van der Waals surface area (Å²) in [6, 6.07) is 27.4. The number of hydrogen-bond donors (Lipinski definition) is 6. The van der Waals surface area contributed by atoms with E-state index in [1.807, 2.05) is 82.6 Å². The van der Waals surface area contributed by atoms with Crippen molar-refractivity contribution in [1.82, 2.24) is 49.9 Å². The zero-order chi connectivity index (χ0) is 105. The molecule has 8 amide bonds. The van der Waals surface area contributed by atoms with Gasteiger partial charge in [-0.2, -0.15) is 26.3 Å². The molecule has 5 atom stereocenters. The first-order valence-corrected chi connectivity index (χ1v) is 50.2. The van der Waals surface area contributed by atoms with Crippen molar-refractivity contribution in [1.29, 1.82) is 0 Å². The fourth-order valence-corrected chi connectivity index (χ4v) is 20.2. The first-order chi connectivity index (χ1) is 67.3. The van der Waals surface area contributed by atoms with E-state index in [2.05, 4.69) is 139 Å². The number of carbonyl (C=O) groups is 14. The number of nitrogens with zero attached hydrogens (tertiary/aromatic N) is 12. The second kappa shape index (κ2) is 63.7. The van der Waals surface area contributed by atoms with Gasteiger partial charge < -0.3 is 77.4 Å². The molecule has 6 fully saturated rings. The Balaban J connectivity index is 0.000000442. The molecule has 6 saturated heterocycles. The van der Waals surface area contributed by atoms with Crippen LogP contribution < -0.4 is 162 Å². The molecule has 11 aliphatic rings. The van der Waals surface area contributed by atoms with E-state index < -0.39 is 54.2 Å². The van der Waals surface area contributed by atoms with Crippen LogP contribution in [0.2, 0.25) is 0 Å². The van der Waals surface area contributed by atoms with Crippen LogP contribution in [0.25, 0.3) is 0 Å². The topological polar surface area (TPSA) is 465 Å². The summed E-state index contributed by atoms with van der Waals surface area (Å²) < 4.78 is 88.7. The first kappa shape index (κ1) is 132. The Kier molecular flexibility index (Phi) is 57.8. The summed E-state index contributed by atoms with van der Waals surface area (Å²) in [6.45, 7) is 17.6. The Labute approximate surface area is 990 Å². The Morgan fingerprint density at radius 3 is 1.09 bits per heavy atom. The maximum absolute atomic E-state index is 13.2. The molecular formula is C93H114Br5ClF6K2LiN15O22S. The number of fused-ring (bicyclic) bond motifs is 5. The summed E-state index contributed by atoms with van der Waals surface area (Å²) in [7, 11) is 3.76. The van der Waals surface area contributed by atoms with Crippen molar-refractivity contribution in [3.05, 3.63) is 158 Å². The Morgan fingerprint density at radius 2 is 0.788 bits per heavy atom. The van der Waals surface area contributed by atoms with E-state index in [1.54, 1.807) is 33.1 Å². The quantitative estimate of drug-likeness (QED) is 0.0205. The summed E-state index contributed by atoms with van der Waals surface area (Å²) in [5.74, 6) is -6.60. The third kappa shape index (κ3) is 37.8. The van der Waals surface area contributed by atoms with E-state index in [9.17, 15) is 88.7 Å². The van der Waals surface area contributed by atoms with Gasteiger partial charge in [0, 0.05) is 240 Å². The number of carboxylic acid groups (broad SMARTS) is 2. The first-order valence-electron chi connectivity index (χ1n) is 44.9. The number of piperazine rings is 3. The van der Waals surface area contributed by atoms with Gasteiger partial charge in [-0.15, -0.1) is 11.3 Å². The largest absolute Gasteiger partial charge is 1.00 e. The van der Waals surface area contributed by atoms with Crippen molar-refractivity contribution in [2.24, 2.45) is 0 Å². The summed E-state index contributed by atoms with van der Waals surface area (Å²) in [5.41, 5.74) is 9.63. The molecule has 11 aliphatic heterocycles. The van der Waals surface area contributed by atoms with Gasteiger partial charge in [-0.1, -0.05) is 79.6 Å². The number of ether oxygens (including phenoxy) is 2. The fourth-order valence-electron chi connectivity index (χ4n) is 17.7. The number of aliphatic hydroxyl groups is 1. The van der Waals surface area contributed by atoms with Gasteiger partial charge in [-0.05, 0) is 195 Å². The van der Waals surface area contributed by atoms with Crippen LogP contribution >= 0.6 is 103 Å². The number of carboxylic acids is 2. The van der Waals surface area contributed by atoms with Crippen LogP contribution in [0, 0.1) is 0 Å². The summed E-state index contributed by atoms with van der Waals surface area (Å²) in [6.07, 6.45) is -1.18.